The average Bonchev–Trinajstić information content (AvgIpc) is 2.24. The maximum absolute atomic E-state index is 11.2. The average molecular weight is 234 g/mol. The fraction of sp³-hybridized carbons (Fsp3) is 0.538. The van der Waals surface area contributed by atoms with Crippen LogP contribution < -0.4 is 0 Å². The molecule has 1 aromatic heterocycles. The Kier molecular flexibility index (Phi) is 3.43. The molecular weight excluding hydrogens is 216 g/mol. The van der Waals surface area contributed by atoms with Crippen LogP contribution in [0, 0.1) is 5.41 Å². The lowest BCUT2D eigenvalue weighted by Crippen LogP contribution is -2.46. The molecule has 0 aliphatic heterocycles. The van der Waals surface area contributed by atoms with Gasteiger partial charge in [-0.25, -0.2) is 0 Å². The van der Waals surface area contributed by atoms with Gasteiger partial charge >= 0.3 is 5.97 Å². The van der Waals surface area contributed by atoms with E-state index in [9.17, 15) is 9.90 Å². The van der Waals surface area contributed by atoms with Gasteiger partial charge < -0.3 is 5.11 Å². The van der Waals surface area contributed by atoms with Crippen molar-refractivity contribution < 1.29 is 9.90 Å². The van der Waals surface area contributed by atoms with E-state index < -0.39 is 11.4 Å². The van der Waals surface area contributed by atoms with Crippen molar-refractivity contribution in [2.75, 3.05) is 13.6 Å². The Morgan fingerprint density at radius 1 is 1.53 bits per heavy atom. The fourth-order valence-electron chi connectivity index (χ4n) is 2.38. The molecular formula is C13H18N2O2. The summed E-state index contributed by atoms with van der Waals surface area (Å²) >= 11 is 0. The molecule has 1 saturated carbocycles. The Hall–Kier alpha value is -1.42. The maximum Gasteiger partial charge on any atom is 0.310 e. The predicted molar refractivity (Wildman–Crippen MR) is 64.5 cm³/mol. The molecule has 1 N–H and O–H groups in total. The maximum atomic E-state index is 11.2. The molecule has 0 aromatic carbocycles. The zero-order valence-electron chi connectivity index (χ0n) is 10.1. The Bertz CT molecular complexity index is 388. The van der Waals surface area contributed by atoms with Crippen LogP contribution in [0.1, 0.15) is 25.0 Å². The van der Waals surface area contributed by atoms with Crippen molar-refractivity contribution >= 4 is 5.97 Å². The summed E-state index contributed by atoms with van der Waals surface area (Å²) < 4.78 is 0. The largest absolute Gasteiger partial charge is 0.481 e. The Labute approximate surface area is 101 Å². The molecule has 0 saturated heterocycles. The molecule has 1 aromatic rings. The molecule has 92 valence electrons. The SMILES string of the molecule is CN(Cc1ccccn1)CC1(C(=O)O)CCC1. The van der Waals surface area contributed by atoms with Gasteiger partial charge in [-0.15, -0.1) is 0 Å². The van der Waals surface area contributed by atoms with E-state index in [0.717, 1.165) is 25.0 Å². The molecule has 1 fully saturated rings. The number of carboxylic acid groups (broad SMARTS) is 1. The summed E-state index contributed by atoms with van der Waals surface area (Å²) in [6, 6.07) is 5.80. The summed E-state index contributed by atoms with van der Waals surface area (Å²) in [6.45, 7) is 1.31. The molecule has 0 amide bonds. The molecule has 0 atom stereocenters. The van der Waals surface area contributed by atoms with E-state index in [-0.39, 0.29) is 0 Å². The highest BCUT2D eigenvalue weighted by Crippen LogP contribution is 2.41. The van der Waals surface area contributed by atoms with E-state index in [0.29, 0.717) is 13.1 Å². The van der Waals surface area contributed by atoms with Crippen molar-refractivity contribution in [3.8, 4) is 0 Å². The number of carbonyl (C=O) groups is 1. The van der Waals surface area contributed by atoms with Gasteiger partial charge in [-0.1, -0.05) is 12.5 Å². The van der Waals surface area contributed by atoms with Crippen LogP contribution in [0.15, 0.2) is 24.4 Å². The molecule has 1 aliphatic rings. The van der Waals surface area contributed by atoms with E-state index in [2.05, 4.69) is 9.88 Å². The van der Waals surface area contributed by atoms with Crippen LogP contribution in [-0.2, 0) is 11.3 Å². The molecule has 1 aliphatic carbocycles. The van der Waals surface area contributed by atoms with Crippen LogP contribution >= 0.6 is 0 Å². The summed E-state index contributed by atoms with van der Waals surface area (Å²) in [6.07, 6.45) is 4.40. The van der Waals surface area contributed by atoms with Crippen LogP contribution in [-0.4, -0.2) is 34.6 Å². The summed E-state index contributed by atoms with van der Waals surface area (Å²) in [5, 5.41) is 9.26. The lowest BCUT2D eigenvalue weighted by Gasteiger charge is -2.40. The first-order valence-electron chi connectivity index (χ1n) is 5.94. The smallest absolute Gasteiger partial charge is 0.310 e. The predicted octanol–water partition coefficient (Wildman–Crippen LogP) is 1.77. The quantitative estimate of drug-likeness (QED) is 0.843. The Balaban J connectivity index is 1.93. The Morgan fingerprint density at radius 2 is 2.29 bits per heavy atom. The van der Waals surface area contributed by atoms with Gasteiger partial charge in [0, 0.05) is 19.3 Å². The molecule has 0 radical (unpaired) electrons. The number of aliphatic carboxylic acids is 1. The van der Waals surface area contributed by atoms with Gasteiger partial charge in [0.05, 0.1) is 11.1 Å². The van der Waals surface area contributed by atoms with Crippen LogP contribution in [0.2, 0.25) is 0 Å². The number of nitrogens with zero attached hydrogens (tertiary/aromatic N) is 2. The van der Waals surface area contributed by atoms with Gasteiger partial charge in [0.1, 0.15) is 0 Å². The van der Waals surface area contributed by atoms with Crippen LogP contribution in [0.4, 0.5) is 0 Å². The van der Waals surface area contributed by atoms with Crippen molar-refractivity contribution in [3.63, 3.8) is 0 Å². The van der Waals surface area contributed by atoms with Crippen molar-refractivity contribution in [1.29, 1.82) is 0 Å². The lowest BCUT2D eigenvalue weighted by molar-refractivity contribution is -0.156. The third kappa shape index (κ3) is 2.64. The van der Waals surface area contributed by atoms with Gasteiger partial charge in [0.15, 0.2) is 0 Å². The first-order chi connectivity index (χ1) is 8.12. The van der Waals surface area contributed by atoms with Gasteiger partial charge in [0.25, 0.3) is 0 Å². The van der Waals surface area contributed by atoms with Gasteiger partial charge in [-0.3, -0.25) is 14.7 Å². The van der Waals surface area contributed by atoms with Crippen molar-refractivity contribution in [3.05, 3.63) is 30.1 Å². The van der Waals surface area contributed by atoms with Crippen molar-refractivity contribution in [2.24, 2.45) is 5.41 Å². The highest BCUT2D eigenvalue weighted by atomic mass is 16.4. The number of hydrogen-bond acceptors (Lipinski definition) is 3. The lowest BCUT2D eigenvalue weighted by atomic mass is 9.68. The molecule has 2 rings (SSSR count). The highest BCUT2D eigenvalue weighted by molar-refractivity contribution is 5.76. The molecule has 17 heavy (non-hydrogen) atoms. The van der Waals surface area contributed by atoms with E-state index in [1.807, 2.05) is 25.2 Å². The third-order valence-corrected chi connectivity index (χ3v) is 3.49. The highest BCUT2D eigenvalue weighted by Gasteiger charge is 2.44. The van der Waals surface area contributed by atoms with Gasteiger partial charge in [0.2, 0.25) is 0 Å². The number of rotatable bonds is 5. The monoisotopic (exact) mass is 234 g/mol. The zero-order chi connectivity index (χ0) is 12.3. The fourth-order valence-corrected chi connectivity index (χ4v) is 2.38. The van der Waals surface area contributed by atoms with Crippen molar-refractivity contribution in [2.45, 2.75) is 25.8 Å². The van der Waals surface area contributed by atoms with Gasteiger partial charge in [-0.05, 0) is 32.0 Å². The van der Waals surface area contributed by atoms with Crippen LogP contribution in [0.5, 0.6) is 0 Å². The second-order valence-electron chi connectivity index (χ2n) is 4.93. The Morgan fingerprint density at radius 3 is 2.76 bits per heavy atom. The summed E-state index contributed by atoms with van der Waals surface area (Å²) in [4.78, 5) is 17.5. The standard InChI is InChI=1S/C13H18N2O2/c1-15(9-11-5-2-3-8-14-11)10-13(12(16)17)6-4-7-13/h2-3,5,8H,4,6-7,9-10H2,1H3,(H,16,17). The molecule has 0 bridgehead atoms. The molecule has 0 unspecified atom stereocenters. The summed E-state index contributed by atoms with van der Waals surface area (Å²) in [5.74, 6) is -0.656. The number of aromatic nitrogens is 1. The van der Waals surface area contributed by atoms with E-state index in [1.165, 1.54) is 0 Å². The second-order valence-corrected chi connectivity index (χ2v) is 4.93. The minimum absolute atomic E-state index is 0.510. The molecule has 0 spiro atoms. The summed E-state index contributed by atoms with van der Waals surface area (Å²) in [5.41, 5.74) is 0.471. The molecule has 4 nitrogen and oxygen atoms in total. The third-order valence-electron chi connectivity index (χ3n) is 3.49. The zero-order valence-corrected chi connectivity index (χ0v) is 10.1. The van der Waals surface area contributed by atoms with E-state index in [1.54, 1.807) is 6.20 Å². The van der Waals surface area contributed by atoms with E-state index in [4.69, 9.17) is 0 Å². The van der Waals surface area contributed by atoms with Crippen LogP contribution in [0.3, 0.4) is 0 Å². The normalized spacial score (nSPS) is 17.8. The second kappa shape index (κ2) is 4.84. The first-order valence-corrected chi connectivity index (χ1v) is 5.94. The summed E-state index contributed by atoms with van der Waals surface area (Å²) in [7, 11) is 1.96. The van der Waals surface area contributed by atoms with Gasteiger partial charge in [-0.2, -0.15) is 0 Å². The number of pyridine rings is 1. The molecule has 1 heterocycles. The van der Waals surface area contributed by atoms with Crippen LogP contribution in [0.25, 0.3) is 0 Å². The topological polar surface area (TPSA) is 53.4 Å². The molecule has 4 heteroatoms. The first kappa shape index (κ1) is 12.0. The number of hydrogen-bond donors (Lipinski definition) is 1. The van der Waals surface area contributed by atoms with E-state index >= 15 is 0 Å². The number of carboxylic acids is 1. The minimum Gasteiger partial charge on any atom is -0.481 e. The van der Waals surface area contributed by atoms with Crippen molar-refractivity contribution in [1.82, 2.24) is 9.88 Å². The minimum atomic E-state index is -0.656.